The summed E-state index contributed by atoms with van der Waals surface area (Å²) in [5.41, 5.74) is 1.95. The number of amides is 1. The first-order valence-electron chi connectivity index (χ1n) is 8.86. The summed E-state index contributed by atoms with van der Waals surface area (Å²) in [6.45, 7) is 0.669. The first-order valence-corrected chi connectivity index (χ1v) is 8.86. The molecule has 0 fully saturated rings. The molecule has 0 atom stereocenters. The second kappa shape index (κ2) is 7.25. The number of rotatable bonds is 5. The first-order chi connectivity index (χ1) is 13.5. The smallest absolute Gasteiger partial charge is 0.238 e. The number of likely N-dealkylation sites (N-methyl/N-ethyl adjacent to an activating group) is 1. The number of furan rings is 1. The van der Waals surface area contributed by atoms with Gasteiger partial charge in [-0.05, 0) is 37.4 Å². The van der Waals surface area contributed by atoms with Crippen molar-refractivity contribution in [3.63, 3.8) is 0 Å². The minimum Gasteiger partial charge on any atom is -0.468 e. The van der Waals surface area contributed by atoms with Crippen molar-refractivity contribution in [1.82, 2.24) is 4.90 Å². The fourth-order valence-corrected chi connectivity index (χ4v) is 3.35. The zero-order valence-electron chi connectivity index (χ0n) is 15.3. The molecule has 1 amide bonds. The van der Waals surface area contributed by atoms with E-state index in [0.29, 0.717) is 34.5 Å². The Morgan fingerprint density at radius 3 is 2.29 bits per heavy atom. The van der Waals surface area contributed by atoms with E-state index in [1.165, 1.54) is 0 Å². The predicted molar refractivity (Wildman–Crippen MR) is 103 cm³/mol. The number of benzene rings is 2. The Labute approximate surface area is 161 Å². The van der Waals surface area contributed by atoms with Crippen molar-refractivity contribution in [2.45, 2.75) is 6.54 Å². The number of hydrogen-bond acceptors (Lipinski definition) is 5. The zero-order chi connectivity index (χ0) is 19.7. The van der Waals surface area contributed by atoms with Gasteiger partial charge >= 0.3 is 0 Å². The van der Waals surface area contributed by atoms with Crippen LogP contribution in [0, 0.1) is 0 Å². The van der Waals surface area contributed by atoms with Gasteiger partial charge in [0.05, 0.1) is 19.4 Å². The monoisotopic (exact) mass is 374 g/mol. The second-order valence-corrected chi connectivity index (χ2v) is 6.76. The Balaban J connectivity index is 1.49. The number of fused-ring (bicyclic) bond motifs is 2. The molecular formula is C22H18N2O4. The molecule has 28 heavy (non-hydrogen) atoms. The molecule has 6 nitrogen and oxygen atoms in total. The van der Waals surface area contributed by atoms with Gasteiger partial charge in [0.15, 0.2) is 11.6 Å². The standard InChI is InChI=1S/C22H18N2O4/c1-24(12-15-5-4-10-28-15)13-20(25)23-14-8-9-18-19(11-14)22(27)17-7-3-2-6-16(17)21(18)26/h2-11H,12-13H2,1H3,(H,23,25). The van der Waals surface area contributed by atoms with Crippen LogP contribution >= 0.6 is 0 Å². The average Bonchev–Trinajstić information content (AvgIpc) is 3.18. The van der Waals surface area contributed by atoms with Gasteiger partial charge in [0.2, 0.25) is 5.91 Å². The highest BCUT2D eigenvalue weighted by Crippen LogP contribution is 2.29. The summed E-state index contributed by atoms with van der Waals surface area (Å²) in [5.74, 6) is 0.161. The number of hydrogen-bond donors (Lipinski definition) is 1. The van der Waals surface area contributed by atoms with Crippen molar-refractivity contribution >= 4 is 23.2 Å². The highest BCUT2D eigenvalue weighted by Gasteiger charge is 2.29. The minimum absolute atomic E-state index is 0.160. The van der Waals surface area contributed by atoms with Crippen molar-refractivity contribution in [2.24, 2.45) is 0 Å². The SMILES string of the molecule is CN(CC(=O)Nc1ccc2c(c1)C(=O)c1ccccc1C2=O)Cc1ccco1. The van der Waals surface area contributed by atoms with Gasteiger partial charge in [-0.2, -0.15) is 0 Å². The van der Waals surface area contributed by atoms with E-state index in [1.54, 1.807) is 54.8 Å². The molecule has 0 saturated heterocycles. The Hall–Kier alpha value is -3.51. The van der Waals surface area contributed by atoms with Crippen LogP contribution in [0.5, 0.6) is 0 Å². The lowest BCUT2D eigenvalue weighted by Crippen LogP contribution is -2.30. The molecule has 140 valence electrons. The summed E-state index contributed by atoms with van der Waals surface area (Å²) in [5, 5.41) is 2.79. The molecule has 0 bridgehead atoms. The predicted octanol–water partition coefficient (Wildman–Crippen LogP) is 3.13. The summed E-state index contributed by atoms with van der Waals surface area (Å²) in [6, 6.07) is 15.2. The average molecular weight is 374 g/mol. The lowest BCUT2D eigenvalue weighted by molar-refractivity contribution is -0.117. The third-order valence-electron chi connectivity index (χ3n) is 4.63. The number of nitrogens with one attached hydrogen (secondary N) is 1. The molecule has 3 aromatic rings. The van der Waals surface area contributed by atoms with Crippen LogP contribution in [0.25, 0.3) is 0 Å². The third-order valence-corrected chi connectivity index (χ3v) is 4.63. The van der Waals surface area contributed by atoms with Crippen LogP contribution in [-0.2, 0) is 11.3 Å². The summed E-state index contributed by atoms with van der Waals surface area (Å²) in [4.78, 5) is 39.5. The van der Waals surface area contributed by atoms with Crippen LogP contribution in [0.4, 0.5) is 5.69 Å². The summed E-state index contributed by atoms with van der Waals surface area (Å²) >= 11 is 0. The molecule has 0 spiro atoms. The Kier molecular flexibility index (Phi) is 4.63. The van der Waals surface area contributed by atoms with Gasteiger partial charge in [0.1, 0.15) is 5.76 Å². The van der Waals surface area contributed by atoms with E-state index in [4.69, 9.17) is 4.42 Å². The van der Waals surface area contributed by atoms with E-state index in [9.17, 15) is 14.4 Å². The van der Waals surface area contributed by atoms with Gasteiger partial charge in [-0.3, -0.25) is 19.3 Å². The van der Waals surface area contributed by atoms with Crippen molar-refractivity contribution in [3.05, 3.63) is 88.9 Å². The Bertz CT molecular complexity index is 1070. The van der Waals surface area contributed by atoms with Crippen molar-refractivity contribution in [1.29, 1.82) is 0 Å². The van der Waals surface area contributed by atoms with Crippen LogP contribution in [0.2, 0.25) is 0 Å². The maximum atomic E-state index is 12.8. The fraction of sp³-hybridized carbons (Fsp3) is 0.136. The lowest BCUT2D eigenvalue weighted by atomic mass is 9.84. The van der Waals surface area contributed by atoms with Crippen LogP contribution < -0.4 is 5.32 Å². The van der Waals surface area contributed by atoms with Crippen LogP contribution in [0.3, 0.4) is 0 Å². The summed E-state index contributed by atoms with van der Waals surface area (Å²) in [7, 11) is 1.81. The molecule has 1 aliphatic carbocycles. The molecule has 0 aliphatic heterocycles. The maximum absolute atomic E-state index is 12.8. The third kappa shape index (κ3) is 3.37. The molecule has 0 radical (unpaired) electrons. The Morgan fingerprint density at radius 2 is 1.61 bits per heavy atom. The van der Waals surface area contributed by atoms with E-state index in [2.05, 4.69) is 5.32 Å². The maximum Gasteiger partial charge on any atom is 0.238 e. The molecule has 1 heterocycles. The van der Waals surface area contributed by atoms with Gasteiger partial charge in [-0.15, -0.1) is 0 Å². The van der Waals surface area contributed by atoms with E-state index in [-0.39, 0.29) is 24.0 Å². The van der Waals surface area contributed by atoms with Gasteiger partial charge in [0.25, 0.3) is 0 Å². The van der Waals surface area contributed by atoms with E-state index in [1.807, 2.05) is 18.0 Å². The van der Waals surface area contributed by atoms with Crippen LogP contribution in [0.15, 0.2) is 65.3 Å². The van der Waals surface area contributed by atoms with E-state index in [0.717, 1.165) is 5.76 Å². The van der Waals surface area contributed by atoms with Crippen LogP contribution in [0.1, 0.15) is 37.6 Å². The normalized spacial score (nSPS) is 12.6. The van der Waals surface area contributed by atoms with Gasteiger partial charge in [-0.25, -0.2) is 0 Å². The molecule has 1 aliphatic rings. The van der Waals surface area contributed by atoms with Crippen LogP contribution in [-0.4, -0.2) is 36.0 Å². The number of nitrogens with zero attached hydrogens (tertiary/aromatic N) is 1. The zero-order valence-corrected chi connectivity index (χ0v) is 15.3. The molecule has 6 heteroatoms. The van der Waals surface area contributed by atoms with Crippen molar-refractivity contribution < 1.29 is 18.8 Å². The second-order valence-electron chi connectivity index (χ2n) is 6.76. The number of anilines is 1. The lowest BCUT2D eigenvalue weighted by Gasteiger charge is -2.19. The summed E-state index contributed by atoms with van der Waals surface area (Å²) < 4.78 is 5.27. The highest BCUT2D eigenvalue weighted by molar-refractivity contribution is 6.28. The topological polar surface area (TPSA) is 79.6 Å². The largest absolute Gasteiger partial charge is 0.468 e. The molecule has 2 aromatic carbocycles. The van der Waals surface area contributed by atoms with Crippen molar-refractivity contribution in [2.75, 3.05) is 18.9 Å². The number of carbonyl (C=O) groups excluding carboxylic acids is 3. The first kappa shape index (κ1) is 17.9. The van der Waals surface area contributed by atoms with Gasteiger partial charge in [0, 0.05) is 27.9 Å². The fourth-order valence-electron chi connectivity index (χ4n) is 3.35. The number of ketones is 2. The van der Waals surface area contributed by atoms with E-state index < -0.39 is 0 Å². The molecule has 0 saturated carbocycles. The highest BCUT2D eigenvalue weighted by atomic mass is 16.3. The van der Waals surface area contributed by atoms with Crippen molar-refractivity contribution in [3.8, 4) is 0 Å². The molecular weight excluding hydrogens is 356 g/mol. The molecule has 0 unspecified atom stereocenters. The van der Waals surface area contributed by atoms with E-state index >= 15 is 0 Å². The van der Waals surface area contributed by atoms with Gasteiger partial charge < -0.3 is 9.73 Å². The molecule has 4 rings (SSSR count). The van der Waals surface area contributed by atoms with Gasteiger partial charge in [-0.1, -0.05) is 24.3 Å². The Morgan fingerprint density at radius 1 is 0.929 bits per heavy atom. The minimum atomic E-state index is -0.219. The molecule has 1 N–H and O–H groups in total. The molecule has 1 aromatic heterocycles. The quantitative estimate of drug-likeness (QED) is 0.581. The summed E-state index contributed by atoms with van der Waals surface area (Å²) in [6.07, 6.45) is 1.59. The number of carbonyl (C=O) groups is 3.